The third kappa shape index (κ3) is 9.59. The van der Waals surface area contributed by atoms with Gasteiger partial charge in [0.05, 0.1) is 16.6 Å². The smallest absolute Gasteiger partial charge is 0.322 e. The first kappa shape index (κ1) is 27.9. The van der Waals surface area contributed by atoms with Gasteiger partial charge in [-0.25, -0.2) is 4.67 Å². The number of nitrogens with one attached hydrogen (secondary N) is 1. The molecule has 0 fully saturated rings. The van der Waals surface area contributed by atoms with Gasteiger partial charge in [-0.15, -0.1) is 0 Å². The number of carbonyl (C=O) groups is 1. The van der Waals surface area contributed by atoms with E-state index in [1.807, 2.05) is 13.8 Å². The summed E-state index contributed by atoms with van der Waals surface area (Å²) in [6.45, 7) is 12.3. The Bertz CT molecular complexity index is 741. The summed E-state index contributed by atoms with van der Waals surface area (Å²) >= 11 is 0. The molecule has 0 radical (unpaired) electrons. The largest absolute Gasteiger partial charge is 0.425 e. The van der Waals surface area contributed by atoms with Crippen LogP contribution in [0.15, 0.2) is 23.2 Å². The predicted octanol–water partition coefficient (Wildman–Crippen LogP) is 5.50. The zero-order valence-electron chi connectivity index (χ0n) is 19.9. The van der Waals surface area contributed by atoms with Crippen LogP contribution in [0.2, 0.25) is 0 Å². The highest BCUT2D eigenvalue weighted by molar-refractivity contribution is 7.45. The first-order valence-electron chi connectivity index (χ1n) is 11.3. The molecule has 1 amide bonds. The van der Waals surface area contributed by atoms with Crippen LogP contribution in [0.4, 0.5) is 5.69 Å². The predicted molar refractivity (Wildman–Crippen MR) is 129 cm³/mol. The molecule has 0 aliphatic heterocycles. The van der Waals surface area contributed by atoms with Crippen LogP contribution in [0.25, 0.3) is 0 Å². The molecule has 32 heavy (non-hydrogen) atoms. The molecule has 1 aromatic rings. The molecule has 0 saturated carbocycles. The summed E-state index contributed by atoms with van der Waals surface area (Å²) in [6, 6.07) is 4.86. The van der Waals surface area contributed by atoms with Gasteiger partial charge >= 0.3 is 8.53 Å². The second-order valence-electron chi connectivity index (χ2n) is 7.33. The summed E-state index contributed by atoms with van der Waals surface area (Å²) < 4.78 is 14.2. The third-order valence-corrected chi connectivity index (χ3v) is 6.16. The average Bonchev–Trinajstić information content (AvgIpc) is 2.77. The molecule has 0 heterocycles. The highest BCUT2D eigenvalue weighted by atomic mass is 31.2. The van der Waals surface area contributed by atoms with E-state index in [4.69, 9.17) is 9.05 Å². The molecular formula is C22H37N4O5P. The van der Waals surface area contributed by atoms with Gasteiger partial charge in [0.25, 0.3) is 5.69 Å². The Morgan fingerprint density at radius 3 is 2.50 bits per heavy atom. The van der Waals surface area contributed by atoms with E-state index in [2.05, 4.69) is 28.8 Å². The molecule has 0 bridgehead atoms. The highest BCUT2D eigenvalue weighted by Crippen LogP contribution is 2.47. The molecule has 0 aromatic heterocycles. The Morgan fingerprint density at radius 1 is 1.25 bits per heavy atom. The molecule has 0 spiro atoms. The van der Waals surface area contributed by atoms with Gasteiger partial charge in [-0.05, 0) is 44.7 Å². The minimum absolute atomic E-state index is 0.0177. The molecule has 0 saturated heterocycles. The van der Waals surface area contributed by atoms with Gasteiger partial charge in [0.1, 0.15) is 0 Å². The molecule has 10 heteroatoms. The number of aliphatic imine (C=N–C) groups is 1. The van der Waals surface area contributed by atoms with E-state index >= 15 is 0 Å². The maximum absolute atomic E-state index is 11.8. The lowest BCUT2D eigenvalue weighted by molar-refractivity contribution is -0.386. The van der Waals surface area contributed by atoms with Crippen molar-refractivity contribution in [3.05, 3.63) is 39.4 Å². The topological polar surface area (TPSA) is 106 Å². The highest BCUT2D eigenvalue weighted by Gasteiger charge is 2.28. The first-order valence-corrected chi connectivity index (χ1v) is 12.4. The summed E-state index contributed by atoms with van der Waals surface area (Å²) in [6.07, 6.45) is 3.89. The lowest BCUT2D eigenvalue weighted by atomic mass is 10.0. The SMILES string of the molecule is CCCC(=O)NCc1ccc([N+](=O)[O-])c(C(C)OP(OC=NCC)N(CCC)CCC)c1. The van der Waals surface area contributed by atoms with E-state index in [1.54, 1.807) is 19.1 Å². The van der Waals surface area contributed by atoms with Gasteiger partial charge in [-0.3, -0.25) is 19.9 Å². The molecule has 1 N–H and O–H groups in total. The average molecular weight is 469 g/mol. The van der Waals surface area contributed by atoms with Crippen molar-refractivity contribution in [1.82, 2.24) is 9.99 Å². The van der Waals surface area contributed by atoms with Crippen molar-refractivity contribution in [3.8, 4) is 0 Å². The number of hydrogen-bond acceptors (Lipinski definition) is 7. The number of carbonyl (C=O) groups excluding carboxylic acids is 1. The summed E-state index contributed by atoms with van der Waals surface area (Å²) in [5.41, 5.74) is 1.21. The van der Waals surface area contributed by atoms with Gasteiger partial charge in [-0.1, -0.05) is 26.8 Å². The lowest BCUT2D eigenvalue weighted by Gasteiger charge is -2.29. The van der Waals surface area contributed by atoms with Crippen LogP contribution in [0.1, 0.15) is 77.5 Å². The quantitative estimate of drug-likeness (QED) is 0.113. The maximum atomic E-state index is 11.8. The molecule has 9 nitrogen and oxygen atoms in total. The zero-order chi connectivity index (χ0) is 23.9. The van der Waals surface area contributed by atoms with Crippen LogP contribution in [-0.2, 0) is 20.4 Å². The number of rotatable bonds is 16. The van der Waals surface area contributed by atoms with E-state index in [-0.39, 0.29) is 11.6 Å². The van der Waals surface area contributed by atoms with E-state index in [1.165, 1.54) is 12.5 Å². The van der Waals surface area contributed by atoms with Gasteiger partial charge in [-0.2, -0.15) is 0 Å². The van der Waals surface area contributed by atoms with Crippen molar-refractivity contribution in [2.45, 2.75) is 73.0 Å². The van der Waals surface area contributed by atoms with Gasteiger partial charge in [0.15, 0.2) is 6.40 Å². The molecule has 1 rings (SSSR count). The number of benzene rings is 1. The van der Waals surface area contributed by atoms with Gasteiger partial charge in [0.2, 0.25) is 5.91 Å². The van der Waals surface area contributed by atoms with Crippen LogP contribution >= 0.6 is 8.53 Å². The number of nitrogens with zero attached hydrogens (tertiary/aromatic N) is 3. The van der Waals surface area contributed by atoms with Gasteiger partial charge < -0.3 is 14.4 Å². The second kappa shape index (κ2) is 15.7. The molecule has 2 atom stereocenters. The van der Waals surface area contributed by atoms with Crippen LogP contribution in [0.3, 0.4) is 0 Å². The second-order valence-corrected chi connectivity index (χ2v) is 8.79. The Morgan fingerprint density at radius 2 is 1.94 bits per heavy atom. The van der Waals surface area contributed by atoms with E-state index in [0.717, 1.165) is 37.9 Å². The molecule has 0 aliphatic carbocycles. The minimum Gasteiger partial charge on any atom is -0.425 e. The molecule has 1 aromatic carbocycles. The summed E-state index contributed by atoms with van der Waals surface area (Å²) in [5, 5.41) is 14.5. The Balaban J connectivity index is 3.13. The number of hydrogen-bond donors (Lipinski definition) is 1. The van der Waals surface area contributed by atoms with Crippen LogP contribution in [-0.4, -0.2) is 41.5 Å². The Kier molecular flexibility index (Phi) is 13.7. The molecule has 2 unspecified atom stereocenters. The monoisotopic (exact) mass is 468 g/mol. The van der Waals surface area contributed by atoms with Gasteiger partial charge in [0, 0.05) is 38.7 Å². The Hall–Kier alpha value is -2.09. The third-order valence-electron chi connectivity index (χ3n) is 4.53. The van der Waals surface area contributed by atoms with Crippen LogP contribution in [0, 0.1) is 10.1 Å². The summed E-state index contributed by atoms with van der Waals surface area (Å²) in [7, 11) is -1.48. The number of nitro groups is 1. The standard InChI is InChI=1S/C22H37N4O5P/c1-6-10-22(27)24-16-19-11-12-21(26(28)29)20(15-19)18(5)31-32(30-17-23-9-4)25(13-7-2)14-8-3/h11-12,15,17-18H,6-10,13-14,16H2,1-5H3,(H,24,27). The normalized spacial score (nSPS) is 13.3. The van der Waals surface area contributed by atoms with Crippen LogP contribution in [0.5, 0.6) is 0 Å². The maximum Gasteiger partial charge on any atom is 0.322 e. The van der Waals surface area contributed by atoms with E-state index < -0.39 is 19.6 Å². The van der Waals surface area contributed by atoms with Crippen molar-refractivity contribution >= 4 is 26.5 Å². The summed E-state index contributed by atoms with van der Waals surface area (Å²) in [5.74, 6) is -0.0430. The number of nitro benzene ring substituents is 1. The fraction of sp³-hybridized carbons (Fsp3) is 0.636. The molecule has 180 valence electrons. The van der Waals surface area contributed by atoms with Crippen molar-refractivity contribution < 1.29 is 18.8 Å². The van der Waals surface area contributed by atoms with E-state index in [9.17, 15) is 14.9 Å². The van der Waals surface area contributed by atoms with Crippen molar-refractivity contribution in [2.75, 3.05) is 19.6 Å². The van der Waals surface area contributed by atoms with Crippen molar-refractivity contribution in [3.63, 3.8) is 0 Å². The molecular weight excluding hydrogens is 431 g/mol. The molecule has 0 aliphatic rings. The van der Waals surface area contributed by atoms with Crippen LogP contribution < -0.4 is 5.32 Å². The first-order chi connectivity index (χ1) is 15.4. The Labute approximate surface area is 192 Å². The number of amides is 1. The van der Waals surface area contributed by atoms with E-state index in [0.29, 0.717) is 25.1 Å². The minimum atomic E-state index is -1.48. The van der Waals surface area contributed by atoms with Crippen molar-refractivity contribution in [2.24, 2.45) is 4.99 Å². The lowest BCUT2D eigenvalue weighted by Crippen LogP contribution is -2.23. The zero-order valence-corrected chi connectivity index (χ0v) is 20.8. The van der Waals surface area contributed by atoms with Crippen molar-refractivity contribution in [1.29, 1.82) is 0 Å². The summed E-state index contributed by atoms with van der Waals surface area (Å²) in [4.78, 5) is 27.2. The fourth-order valence-electron chi connectivity index (χ4n) is 3.01. The fourth-order valence-corrected chi connectivity index (χ4v) is 4.59.